The van der Waals surface area contributed by atoms with Crippen molar-refractivity contribution in [2.45, 2.75) is 24.8 Å². The summed E-state index contributed by atoms with van der Waals surface area (Å²) in [6.07, 6.45) is -1.00. The first kappa shape index (κ1) is 23.6. The minimum absolute atomic E-state index is 0.0734. The molecule has 9 nitrogen and oxygen atoms in total. The molecule has 1 N–H and O–H groups in total. The number of methoxy groups -OCH3 is 1. The first-order valence-electron chi connectivity index (χ1n) is 10.1. The number of nitrogens with zero attached hydrogens (tertiary/aromatic N) is 1. The van der Waals surface area contributed by atoms with Gasteiger partial charge in [0, 0.05) is 18.8 Å². The van der Waals surface area contributed by atoms with Crippen molar-refractivity contribution in [1.82, 2.24) is 4.90 Å². The molecule has 172 valence electrons. The van der Waals surface area contributed by atoms with Crippen LogP contribution in [0.3, 0.4) is 0 Å². The molecule has 1 amide bonds. The summed E-state index contributed by atoms with van der Waals surface area (Å²) >= 11 is 0. The third-order valence-electron chi connectivity index (χ3n) is 5.04. The monoisotopic (exact) mass is 462 g/mol. The van der Waals surface area contributed by atoms with Crippen LogP contribution in [0.25, 0.3) is 0 Å². The van der Waals surface area contributed by atoms with E-state index >= 15 is 0 Å². The zero-order chi connectivity index (χ0) is 23.3. The molecule has 0 aromatic heterocycles. The average Bonchev–Trinajstić information content (AvgIpc) is 2.79. The standard InChI is InChI=1S/C22H26N2O7S/c1-15-4-9-19(32(27,28)23-17-5-7-18(29-3)8-6-17)14-20(15)22(26)31-16(2)21(25)24-10-12-30-13-11-24/h4-9,14,16,23H,10-13H2,1-3H3. The van der Waals surface area contributed by atoms with E-state index in [2.05, 4.69) is 4.72 Å². The van der Waals surface area contributed by atoms with Crippen LogP contribution >= 0.6 is 0 Å². The molecule has 1 atom stereocenters. The number of hydrogen-bond donors (Lipinski definition) is 1. The Balaban J connectivity index is 1.74. The second-order valence-electron chi connectivity index (χ2n) is 7.30. The number of hydrogen-bond acceptors (Lipinski definition) is 7. The van der Waals surface area contributed by atoms with Gasteiger partial charge in [-0.2, -0.15) is 0 Å². The predicted octanol–water partition coefficient (Wildman–Crippen LogP) is 2.21. The highest BCUT2D eigenvalue weighted by Gasteiger charge is 2.27. The van der Waals surface area contributed by atoms with Gasteiger partial charge >= 0.3 is 5.97 Å². The lowest BCUT2D eigenvalue weighted by Crippen LogP contribution is -2.46. The zero-order valence-electron chi connectivity index (χ0n) is 18.2. The number of anilines is 1. The van der Waals surface area contributed by atoms with Gasteiger partial charge in [-0.1, -0.05) is 6.07 Å². The second-order valence-corrected chi connectivity index (χ2v) is 8.98. The van der Waals surface area contributed by atoms with Crippen molar-refractivity contribution in [2.24, 2.45) is 0 Å². The lowest BCUT2D eigenvalue weighted by Gasteiger charge is -2.29. The molecular formula is C22H26N2O7S. The quantitative estimate of drug-likeness (QED) is 0.628. The maximum absolute atomic E-state index is 12.8. The van der Waals surface area contributed by atoms with Crippen molar-refractivity contribution in [3.63, 3.8) is 0 Å². The van der Waals surface area contributed by atoms with E-state index in [-0.39, 0.29) is 16.4 Å². The Morgan fingerprint density at radius 3 is 2.38 bits per heavy atom. The van der Waals surface area contributed by atoms with Crippen LogP contribution in [0.2, 0.25) is 0 Å². The van der Waals surface area contributed by atoms with E-state index in [1.165, 1.54) is 32.2 Å². The smallest absolute Gasteiger partial charge is 0.339 e. The molecule has 1 fully saturated rings. The van der Waals surface area contributed by atoms with E-state index in [0.29, 0.717) is 43.3 Å². The topological polar surface area (TPSA) is 111 Å². The van der Waals surface area contributed by atoms with Gasteiger partial charge in [-0.3, -0.25) is 9.52 Å². The number of esters is 1. The lowest BCUT2D eigenvalue weighted by atomic mass is 10.1. The fraction of sp³-hybridized carbons (Fsp3) is 0.364. The van der Waals surface area contributed by atoms with Crippen molar-refractivity contribution >= 4 is 27.6 Å². The molecule has 0 radical (unpaired) electrons. The summed E-state index contributed by atoms with van der Waals surface area (Å²) < 4.78 is 43.7. The maximum Gasteiger partial charge on any atom is 0.339 e. The number of morpholine rings is 1. The van der Waals surface area contributed by atoms with Gasteiger partial charge in [-0.05, 0) is 55.8 Å². The van der Waals surface area contributed by atoms with Crippen molar-refractivity contribution in [3.05, 3.63) is 53.6 Å². The molecule has 0 aliphatic carbocycles. The number of sulfonamides is 1. The highest BCUT2D eigenvalue weighted by Crippen LogP contribution is 2.22. The highest BCUT2D eigenvalue weighted by molar-refractivity contribution is 7.92. The van der Waals surface area contributed by atoms with Gasteiger partial charge in [0.1, 0.15) is 5.75 Å². The van der Waals surface area contributed by atoms with Crippen LogP contribution in [0.15, 0.2) is 47.4 Å². The van der Waals surface area contributed by atoms with Crippen molar-refractivity contribution in [1.29, 1.82) is 0 Å². The van der Waals surface area contributed by atoms with Crippen molar-refractivity contribution in [3.8, 4) is 5.75 Å². The van der Waals surface area contributed by atoms with Gasteiger partial charge in [0.05, 0.1) is 30.8 Å². The fourth-order valence-corrected chi connectivity index (χ4v) is 4.26. The van der Waals surface area contributed by atoms with Gasteiger partial charge < -0.3 is 19.1 Å². The number of ether oxygens (including phenoxy) is 3. The summed E-state index contributed by atoms with van der Waals surface area (Å²) in [6.45, 7) is 4.91. The van der Waals surface area contributed by atoms with Crippen LogP contribution in [0.4, 0.5) is 5.69 Å². The largest absolute Gasteiger partial charge is 0.497 e. The van der Waals surface area contributed by atoms with E-state index < -0.39 is 22.1 Å². The third-order valence-corrected chi connectivity index (χ3v) is 6.41. The maximum atomic E-state index is 12.8. The molecule has 2 aromatic rings. The van der Waals surface area contributed by atoms with Crippen LogP contribution in [0, 0.1) is 6.92 Å². The molecule has 0 bridgehead atoms. The molecule has 32 heavy (non-hydrogen) atoms. The Morgan fingerprint density at radius 1 is 1.09 bits per heavy atom. The Hall–Kier alpha value is -3.11. The molecule has 1 aliphatic heterocycles. The molecule has 0 saturated carbocycles. The molecule has 0 spiro atoms. The van der Waals surface area contributed by atoms with E-state index in [1.54, 1.807) is 36.1 Å². The molecule has 1 aliphatic rings. The third kappa shape index (κ3) is 5.57. The average molecular weight is 463 g/mol. The minimum atomic E-state index is -3.96. The number of nitrogens with one attached hydrogen (secondary N) is 1. The lowest BCUT2D eigenvalue weighted by molar-refractivity contribution is -0.143. The van der Waals surface area contributed by atoms with E-state index in [4.69, 9.17) is 14.2 Å². The van der Waals surface area contributed by atoms with Gasteiger partial charge in [0.25, 0.3) is 15.9 Å². The Labute approximate surface area is 187 Å². The van der Waals surface area contributed by atoms with E-state index in [9.17, 15) is 18.0 Å². The van der Waals surface area contributed by atoms with Crippen LogP contribution in [-0.2, 0) is 24.3 Å². The van der Waals surface area contributed by atoms with Crippen molar-refractivity contribution < 1.29 is 32.2 Å². The fourth-order valence-electron chi connectivity index (χ4n) is 3.18. The number of rotatable bonds is 7. The Kier molecular flexibility index (Phi) is 7.37. The van der Waals surface area contributed by atoms with Gasteiger partial charge in [0.15, 0.2) is 6.10 Å². The second kappa shape index (κ2) is 10.0. The van der Waals surface area contributed by atoms with Crippen molar-refractivity contribution in [2.75, 3.05) is 38.1 Å². The predicted molar refractivity (Wildman–Crippen MR) is 117 cm³/mol. The number of carbonyl (C=O) groups is 2. The Bertz CT molecular complexity index is 1080. The Morgan fingerprint density at radius 2 is 1.75 bits per heavy atom. The summed E-state index contributed by atoms with van der Waals surface area (Å²) in [6, 6.07) is 10.6. The summed E-state index contributed by atoms with van der Waals surface area (Å²) in [5.41, 5.74) is 0.953. The van der Waals surface area contributed by atoms with Crippen LogP contribution in [0.1, 0.15) is 22.8 Å². The summed E-state index contributed by atoms with van der Waals surface area (Å²) in [7, 11) is -2.44. The van der Waals surface area contributed by atoms with Crippen LogP contribution < -0.4 is 9.46 Å². The van der Waals surface area contributed by atoms with Crippen LogP contribution in [-0.4, -0.2) is 64.7 Å². The number of amides is 1. The molecule has 1 unspecified atom stereocenters. The molecular weight excluding hydrogens is 436 g/mol. The molecule has 1 saturated heterocycles. The van der Waals surface area contributed by atoms with Gasteiger partial charge in [0.2, 0.25) is 0 Å². The first-order chi connectivity index (χ1) is 15.2. The number of aryl methyl sites for hydroxylation is 1. The first-order valence-corrected chi connectivity index (χ1v) is 11.5. The number of carbonyl (C=O) groups excluding carboxylic acids is 2. The zero-order valence-corrected chi connectivity index (χ0v) is 19.0. The summed E-state index contributed by atoms with van der Waals surface area (Å²) in [5, 5.41) is 0. The number of benzene rings is 2. The summed E-state index contributed by atoms with van der Waals surface area (Å²) in [4.78, 5) is 26.7. The SMILES string of the molecule is COc1ccc(NS(=O)(=O)c2ccc(C)c(C(=O)OC(C)C(=O)N3CCOCC3)c2)cc1. The van der Waals surface area contributed by atoms with E-state index in [0.717, 1.165) is 0 Å². The van der Waals surface area contributed by atoms with Gasteiger partial charge in [-0.25, -0.2) is 13.2 Å². The molecule has 3 rings (SSSR count). The highest BCUT2D eigenvalue weighted by atomic mass is 32.2. The molecule has 2 aromatic carbocycles. The minimum Gasteiger partial charge on any atom is -0.497 e. The van der Waals surface area contributed by atoms with Gasteiger partial charge in [-0.15, -0.1) is 0 Å². The summed E-state index contributed by atoms with van der Waals surface area (Å²) in [5.74, 6) is -0.489. The normalized spacial score (nSPS) is 15.0. The van der Waals surface area contributed by atoms with Crippen LogP contribution in [0.5, 0.6) is 5.75 Å². The molecule has 1 heterocycles. The van der Waals surface area contributed by atoms with E-state index in [1.807, 2.05) is 0 Å². The molecule has 10 heteroatoms.